The van der Waals surface area contributed by atoms with Gasteiger partial charge in [-0.2, -0.15) is 0 Å². The highest BCUT2D eigenvalue weighted by Gasteiger charge is 2.00. The Kier molecular flexibility index (Phi) is 21.2. The quantitative estimate of drug-likeness (QED) is 0.270. The van der Waals surface area contributed by atoms with E-state index in [9.17, 15) is 0 Å². The summed E-state index contributed by atoms with van der Waals surface area (Å²) >= 11 is 0. The van der Waals surface area contributed by atoms with Gasteiger partial charge in [-0.05, 0) is 0 Å². The van der Waals surface area contributed by atoms with Gasteiger partial charge in [-0.1, -0.05) is 110 Å². The highest BCUT2D eigenvalue weighted by molar-refractivity contribution is 7.45. The molecule has 0 atom stereocenters. The lowest BCUT2D eigenvalue weighted by atomic mass is 10.0. The van der Waals surface area contributed by atoms with E-state index in [1.165, 1.54) is 96.3 Å². The van der Waals surface area contributed by atoms with Gasteiger partial charge in [0.05, 0.1) is 0 Å². The normalized spacial score (nSPS) is 11.1. The Morgan fingerprint density at radius 2 is 0.636 bits per heavy atom. The third-order valence-corrected chi connectivity index (χ3v) is 3.71. The van der Waals surface area contributed by atoms with Gasteiger partial charge in [0.2, 0.25) is 0 Å². The van der Waals surface area contributed by atoms with Gasteiger partial charge < -0.3 is 14.7 Å². The maximum absolute atomic E-state index is 8.88. The molecule has 0 aromatic carbocycles. The number of phosphoric acid groups is 1. The van der Waals surface area contributed by atoms with Crippen molar-refractivity contribution in [2.75, 3.05) is 0 Å². The molecule has 0 aliphatic heterocycles. The zero-order valence-electron chi connectivity index (χ0n) is 14.8. The molecular weight excluding hydrogens is 299 g/mol. The van der Waals surface area contributed by atoms with E-state index in [1.807, 2.05) is 0 Å². The van der Waals surface area contributed by atoms with Gasteiger partial charge in [-0.15, -0.1) is 0 Å². The number of unbranched alkanes of at least 4 members (excludes halogenated alkanes) is 14. The minimum absolute atomic E-state index is 1.37. The number of rotatable bonds is 14. The number of hydrogen-bond acceptors (Lipinski definition) is 1. The molecule has 0 radical (unpaired) electrons. The summed E-state index contributed by atoms with van der Waals surface area (Å²) in [7, 11) is -4.64. The fourth-order valence-corrected chi connectivity index (χ4v) is 2.44. The van der Waals surface area contributed by atoms with Crippen molar-refractivity contribution in [3.05, 3.63) is 0 Å². The van der Waals surface area contributed by atoms with Gasteiger partial charge in [-0.3, -0.25) is 0 Å². The lowest BCUT2D eigenvalue weighted by molar-refractivity contribution is 0.275. The minimum Gasteiger partial charge on any atom is -0.303 e. The Morgan fingerprint density at radius 1 is 0.500 bits per heavy atom. The fourth-order valence-electron chi connectivity index (χ4n) is 2.44. The lowest BCUT2D eigenvalue weighted by Gasteiger charge is -2.02. The summed E-state index contributed by atoms with van der Waals surface area (Å²) in [5.41, 5.74) is 0. The van der Waals surface area contributed by atoms with Crippen LogP contribution >= 0.6 is 7.82 Å². The van der Waals surface area contributed by atoms with Crippen LogP contribution in [-0.2, 0) is 4.57 Å². The Morgan fingerprint density at radius 3 is 0.773 bits per heavy atom. The van der Waals surface area contributed by atoms with Crippen LogP contribution in [0.3, 0.4) is 0 Å². The second-order valence-electron chi connectivity index (χ2n) is 6.11. The molecule has 0 unspecified atom stereocenters. The van der Waals surface area contributed by atoms with E-state index >= 15 is 0 Å². The molecule has 22 heavy (non-hydrogen) atoms. The van der Waals surface area contributed by atoms with Crippen LogP contribution in [-0.4, -0.2) is 14.7 Å². The second-order valence-corrected chi connectivity index (χ2v) is 7.14. The molecule has 0 aliphatic carbocycles. The molecule has 0 heterocycles. The van der Waals surface area contributed by atoms with E-state index in [0.717, 1.165) is 0 Å². The van der Waals surface area contributed by atoms with Gasteiger partial charge in [0, 0.05) is 0 Å². The van der Waals surface area contributed by atoms with Crippen LogP contribution in [0.15, 0.2) is 0 Å². The van der Waals surface area contributed by atoms with E-state index in [-0.39, 0.29) is 0 Å². The Balaban J connectivity index is 0. The van der Waals surface area contributed by atoms with Crippen molar-refractivity contribution in [2.45, 2.75) is 110 Å². The van der Waals surface area contributed by atoms with Crippen LogP contribution in [0.1, 0.15) is 110 Å². The SMILES string of the molecule is CCCCCCCCCCCCCCCCC.O=P(O)(O)O. The van der Waals surface area contributed by atoms with E-state index in [1.54, 1.807) is 0 Å². The van der Waals surface area contributed by atoms with Gasteiger partial charge in [0.1, 0.15) is 0 Å². The van der Waals surface area contributed by atoms with Crippen molar-refractivity contribution in [3.63, 3.8) is 0 Å². The first-order valence-electron chi connectivity index (χ1n) is 9.20. The molecule has 0 rings (SSSR count). The predicted octanol–water partition coefficient (Wildman–Crippen LogP) is 5.95. The molecule has 0 amide bonds. The highest BCUT2D eigenvalue weighted by Crippen LogP contribution is 2.25. The van der Waals surface area contributed by atoms with Gasteiger partial charge in [0.25, 0.3) is 0 Å². The summed E-state index contributed by atoms with van der Waals surface area (Å²) in [6.45, 7) is 4.58. The van der Waals surface area contributed by atoms with Crippen LogP contribution < -0.4 is 0 Å². The third-order valence-electron chi connectivity index (χ3n) is 3.71. The van der Waals surface area contributed by atoms with E-state index in [0.29, 0.717) is 0 Å². The summed E-state index contributed by atoms with van der Waals surface area (Å²) < 4.78 is 8.88. The third kappa shape index (κ3) is 36.9. The highest BCUT2D eigenvalue weighted by atomic mass is 31.2. The molecule has 5 heteroatoms. The summed E-state index contributed by atoms with van der Waals surface area (Å²) in [5.74, 6) is 0. The smallest absolute Gasteiger partial charge is 0.303 e. The minimum atomic E-state index is -4.64. The molecule has 0 aromatic rings. The zero-order valence-corrected chi connectivity index (χ0v) is 15.7. The van der Waals surface area contributed by atoms with Crippen molar-refractivity contribution in [1.29, 1.82) is 0 Å². The molecular formula is C17H39O4P. The molecule has 0 saturated heterocycles. The Labute approximate surface area is 138 Å². The molecule has 0 fully saturated rings. The van der Waals surface area contributed by atoms with Crippen LogP contribution in [0.25, 0.3) is 0 Å². The van der Waals surface area contributed by atoms with Crippen LogP contribution in [0.5, 0.6) is 0 Å². The first kappa shape index (κ1) is 24.4. The van der Waals surface area contributed by atoms with Crippen molar-refractivity contribution < 1.29 is 19.2 Å². The molecule has 0 spiro atoms. The predicted molar refractivity (Wildman–Crippen MR) is 94.9 cm³/mol. The Bertz CT molecular complexity index is 219. The first-order chi connectivity index (χ1) is 10.4. The molecule has 136 valence electrons. The Hall–Kier alpha value is 0.110. The van der Waals surface area contributed by atoms with Gasteiger partial charge >= 0.3 is 7.82 Å². The first-order valence-corrected chi connectivity index (χ1v) is 10.8. The summed E-state index contributed by atoms with van der Waals surface area (Å²) in [4.78, 5) is 21.6. The molecule has 4 nitrogen and oxygen atoms in total. The topological polar surface area (TPSA) is 77.8 Å². The largest absolute Gasteiger partial charge is 0.466 e. The molecule has 0 aliphatic rings. The monoisotopic (exact) mass is 338 g/mol. The maximum Gasteiger partial charge on any atom is 0.466 e. The number of hydrogen-bond donors (Lipinski definition) is 3. The lowest BCUT2D eigenvalue weighted by Crippen LogP contribution is -1.82. The van der Waals surface area contributed by atoms with Gasteiger partial charge in [-0.25, -0.2) is 4.57 Å². The fraction of sp³-hybridized carbons (Fsp3) is 1.00. The summed E-state index contributed by atoms with van der Waals surface area (Å²) in [5, 5.41) is 0. The molecule has 0 bridgehead atoms. The maximum atomic E-state index is 8.88. The van der Waals surface area contributed by atoms with Gasteiger partial charge in [0.15, 0.2) is 0 Å². The molecule has 0 aromatic heterocycles. The standard InChI is InChI=1S/C17H36.H3O4P/c1-3-5-7-9-11-13-15-17-16-14-12-10-8-6-4-2;1-5(2,3)4/h3-17H2,1-2H3;(H3,1,2,3,4). The van der Waals surface area contributed by atoms with Crippen molar-refractivity contribution in [1.82, 2.24) is 0 Å². The van der Waals surface area contributed by atoms with Crippen LogP contribution in [0.2, 0.25) is 0 Å². The van der Waals surface area contributed by atoms with Crippen molar-refractivity contribution in [2.24, 2.45) is 0 Å². The van der Waals surface area contributed by atoms with Crippen molar-refractivity contribution in [3.8, 4) is 0 Å². The zero-order chi connectivity index (χ0) is 17.1. The molecule has 3 N–H and O–H groups in total. The second kappa shape index (κ2) is 19.2. The average molecular weight is 338 g/mol. The van der Waals surface area contributed by atoms with Crippen molar-refractivity contribution >= 4 is 7.82 Å². The summed E-state index contributed by atoms with van der Waals surface area (Å²) in [6.07, 6.45) is 21.9. The average Bonchev–Trinajstić information content (AvgIpc) is 2.42. The van der Waals surface area contributed by atoms with E-state index in [4.69, 9.17) is 19.2 Å². The van der Waals surface area contributed by atoms with E-state index in [2.05, 4.69) is 13.8 Å². The summed E-state index contributed by atoms with van der Waals surface area (Å²) in [6, 6.07) is 0. The van der Waals surface area contributed by atoms with Crippen LogP contribution in [0, 0.1) is 0 Å². The van der Waals surface area contributed by atoms with E-state index < -0.39 is 7.82 Å². The molecule has 0 saturated carbocycles. The van der Waals surface area contributed by atoms with Crippen LogP contribution in [0.4, 0.5) is 0 Å².